The number of anilines is 2. The molecule has 24 heavy (non-hydrogen) atoms. The van der Waals surface area contributed by atoms with E-state index in [1.54, 1.807) is 25.3 Å². The van der Waals surface area contributed by atoms with E-state index in [0.717, 1.165) is 18.8 Å². The molecule has 2 aromatic rings. The second kappa shape index (κ2) is 9.30. The lowest BCUT2D eigenvalue weighted by molar-refractivity contribution is -0.116. The molecule has 130 valence electrons. The van der Waals surface area contributed by atoms with Gasteiger partial charge in [0, 0.05) is 55.7 Å². The van der Waals surface area contributed by atoms with Crippen LogP contribution in [0.3, 0.4) is 0 Å². The van der Waals surface area contributed by atoms with E-state index in [4.69, 9.17) is 16.3 Å². The van der Waals surface area contributed by atoms with Crippen LogP contribution in [0.2, 0.25) is 5.02 Å². The molecule has 2 rings (SSSR count). The van der Waals surface area contributed by atoms with Crippen molar-refractivity contribution in [3.8, 4) is 0 Å². The summed E-state index contributed by atoms with van der Waals surface area (Å²) in [6, 6.07) is 8.97. The van der Waals surface area contributed by atoms with Crippen molar-refractivity contribution in [3.63, 3.8) is 0 Å². The predicted molar refractivity (Wildman–Crippen MR) is 96.5 cm³/mol. The number of ether oxygens (including phenoxy) is 1. The van der Waals surface area contributed by atoms with Gasteiger partial charge >= 0.3 is 0 Å². The lowest BCUT2D eigenvalue weighted by Crippen LogP contribution is -2.24. The minimum atomic E-state index is -0.0724. The van der Waals surface area contributed by atoms with Gasteiger partial charge in [0.1, 0.15) is 5.82 Å². The number of aryl methyl sites for hydroxylation is 1. The molecule has 0 aliphatic heterocycles. The molecule has 1 atom stereocenters. The monoisotopic (exact) mass is 350 g/mol. The van der Waals surface area contributed by atoms with Crippen molar-refractivity contribution in [1.29, 1.82) is 0 Å². The lowest BCUT2D eigenvalue weighted by Gasteiger charge is -2.13. The number of nitrogens with zero attached hydrogens (tertiary/aromatic N) is 2. The van der Waals surface area contributed by atoms with E-state index < -0.39 is 0 Å². The summed E-state index contributed by atoms with van der Waals surface area (Å²) in [7, 11) is 1.69. The van der Waals surface area contributed by atoms with Crippen LogP contribution in [0.15, 0.2) is 36.5 Å². The SMILES string of the molecule is COCCCn1ccc(N[C@H](C)CC(=O)Nc2cccc(Cl)c2)n1. The molecule has 0 fully saturated rings. The summed E-state index contributed by atoms with van der Waals surface area (Å²) in [6.07, 6.45) is 3.16. The molecule has 7 heteroatoms. The number of methoxy groups -OCH3 is 1. The Bertz CT molecular complexity index is 660. The van der Waals surface area contributed by atoms with Crippen LogP contribution in [0, 0.1) is 0 Å². The first kappa shape index (κ1) is 18.3. The number of carbonyl (C=O) groups excluding carboxylic acids is 1. The lowest BCUT2D eigenvalue weighted by atomic mass is 10.2. The molecule has 6 nitrogen and oxygen atoms in total. The average Bonchev–Trinajstić information content (AvgIpc) is 2.94. The summed E-state index contributed by atoms with van der Waals surface area (Å²) in [5.74, 6) is 0.687. The number of nitrogens with one attached hydrogen (secondary N) is 2. The Kier molecular flexibility index (Phi) is 7.08. The maximum Gasteiger partial charge on any atom is 0.226 e. The zero-order valence-electron chi connectivity index (χ0n) is 14.0. The second-order valence-corrected chi connectivity index (χ2v) is 6.05. The molecule has 1 aromatic heterocycles. The minimum Gasteiger partial charge on any atom is -0.385 e. The van der Waals surface area contributed by atoms with Gasteiger partial charge in [0.15, 0.2) is 0 Å². The van der Waals surface area contributed by atoms with E-state index in [1.807, 2.05) is 29.9 Å². The molecular formula is C17H23ClN4O2. The van der Waals surface area contributed by atoms with Crippen LogP contribution in [0.25, 0.3) is 0 Å². The smallest absolute Gasteiger partial charge is 0.226 e. The van der Waals surface area contributed by atoms with Crippen LogP contribution in [0.5, 0.6) is 0 Å². The van der Waals surface area contributed by atoms with Crippen molar-refractivity contribution in [1.82, 2.24) is 9.78 Å². The van der Waals surface area contributed by atoms with Gasteiger partial charge in [-0.15, -0.1) is 0 Å². The van der Waals surface area contributed by atoms with Crippen molar-refractivity contribution in [2.24, 2.45) is 0 Å². The number of carbonyl (C=O) groups is 1. The fourth-order valence-corrected chi connectivity index (χ4v) is 2.48. The van der Waals surface area contributed by atoms with Gasteiger partial charge in [-0.1, -0.05) is 17.7 Å². The summed E-state index contributed by atoms with van der Waals surface area (Å²) in [5, 5.41) is 11.1. The van der Waals surface area contributed by atoms with Crippen molar-refractivity contribution in [2.45, 2.75) is 32.4 Å². The molecule has 1 aromatic carbocycles. The third-order valence-corrected chi connectivity index (χ3v) is 3.61. The van der Waals surface area contributed by atoms with Crippen LogP contribution < -0.4 is 10.6 Å². The molecule has 0 bridgehead atoms. The van der Waals surface area contributed by atoms with Crippen LogP contribution in [-0.4, -0.2) is 35.4 Å². The van der Waals surface area contributed by atoms with Gasteiger partial charge in [-0.25, -0.2) is 0 Å². The van der Waals surface area contributed by atoms with Crippen molar-refractivity contribution in [2.75, 3.05) is 24.4 Å². The molecule has 1 heterocycles. The molecular weight excluding hydrogens is 328 g/mol. The van der Waals surface area contributed by atoms with E-state index in [2.05, 4.69) is 15.7 Å². The van der Waals surface area contributed by atoms with Crippen LogP contribution in [0.1, 0.15) is 19.8 Å². The third kappa shape index (κ3) is 6.22. The Labute approximate surface area is 147 Å². The van der Waals surface area contributed by atoms with Crippen molar-refractivity contribution >= 4 is 29.0 Å². The highest BCUT2D eigenvalue weighted by Gasteiger charge is 2.11. The normalized spacial score (nSPS) is 12.0. The number of aromatic nitrogens is 2. The highest BCUT2D eigenvalue weighted by atomic mass is 35.5. The first-order valence-corrected chi connectivity index (χ1v) is 8.29. The zero-order chi connectivity index (χ0) is 17.4. The Morgan fingerprint density at radius 2 is 2.25 bits per heavy atom. The summed E-state index contributed by atoms with van der Waals surface area (Å²) < 4.78 is 6.89. The largest absolute Gasteiger partial charge is 0.385 e. The maximum atomic E-state index is 12.1. The van der Waals surface area contributed by atoms with Gasteiger partial charge in [-0.3, -0.25) is 9.48 Å². The molecule has 1 amide bonds. The number of benzene rings is 1. The summed E-state index contributed by atoms with van der Waals surface area (Å²) >= 11 is 5.91. The number of hydrogen-bond acceptors (Lipinski definition) is 4. The minimum absolute atomic E-state index is 0.0356. The average molecular weight is 351 g/mol. The number of hydrogen-bond donors (Lipinski definition) is 2. The third-order valence-electron chi connectivity index (χ3n) is 3.37. The predicted octanol–water partition coefficient (Wildman–Crippen LogP) is 3.40. The summed E-state index contributed by atoms with van der Waals surface area (Å²) in [4.78, 5) is 12.1. The topological polar surface area (TPSA) is 68.2 Å². The molecule has 0 saturated carbocycles. The summed E-state index contributed by atoms with van der Waals surface area (Å²) in [6.45, 7) is 3.46. The van der Waals surface area contributed by atoms with E-state index in [1.165, 1.54) is 0 Å². The van der Waals surface area contributed by atoms with Gasteiger partial charge in [0.2, 0.25) is 5.91 Å². The Morgan fingerprint density at radius 1 is 1.42 bits per heavy atom. The summed E-state index contributed by atoms with van der Waals surface area (Å²) in [5.41, 5.74) is 0.696. The van der Waals surface area contributed by atoms with E-state index >= 15 is 0 Å². The van der Waals surface area contributed by atoms with Gasteiger partial charge in [0.25, 0.3) is 0 Å². The molecule has 0 saturated heterocycles. The van der Waals surface area contributed by atoms with E-state index in [9.17, 15) is 4.79 Å². The van der Waals surface area contributed by atoms with Crippen molar-refractivity contribution < 1.29 is 9.53 Å². The molecule has 0 aliphatic carbocycles. The van der Waals surface area contributed by atoms with Crippen molar-refractivity contribution in [3.05, 3.63) is 41.6 Å². The van der Waals surface area contributed by atoms with Crippen LogP contribution in [0.4, 0.5) is 11.5 Å². The van der Waals surface area contributed by atoms with Gasteiger partial charge in [-0.2, -0.15) is 5.10 Å². The zero-order valence-corrected chi connectivity index (χ0v) is 14.7. The van der Waals surface area contributed by atoms with Crippen LogP contribution in [-0.2, 0) is 16.1 Å². The first-order valence-electron chi connectivity index (χ1n) is 7.91. The quantitative estimate of drug-likeness (QED) is 0.680. The van der Waals surface area contributed by atoms with E-state index in [-0.39, 0.29) is 11.9 Å². The maximum absolute atomic E-state index is 12.1. The molecule has 2 N–H and O–H groups in total. The number of rotatable bonds is 9. The molecule has 0 spiro atoms. The van der Waals surface area contributed by atoms with Gasteiger partial charge in [0.05, 0.1) is 0 Å². The van der Waals surface area contributed by atoms with Gasteiger partial charge < -0.3 is 15.4 Å². The van der Waals surface area contributed by atoms with Gasteiger partial charge in [-0.05, 0) is 31.5 Å². The molecule has 0 aliphatic rings. The van der Waals surface area contributed by atoms with Crippen LogP contribution >= 0.6 is 11.6 Å². The van der Waals surface area contributed by atoms with E-state index in [0.29, 0.717) is 23.7 Å². The first-order chi connectivity index (χ1) is 11.6. The molecule has 0 unspecified atom stereocenters. The molecule has 0 radical (unpaired) electrons. The highest BCUT2D eigenvalue weighted by Crippen LogP contribution is 2.15. The fourth-order valence-electron chi connectivity index (χ4n) is 2.29. The Balaban J connectivity index is 1.78. The second-order valence-electron chi connectivity index (χ2n) is 5.62. The number of halogens is 1. The Hall–Kier alpha value is -2.05. The Morgan fingerprint density at radius 3 is 3.00 bits per heavy atom. The standard InChI is InChI=1S/C17H23ClN4O2/c1-13(11-17(23)20-15-6-3-5-14(18)12-15)19-16-7-9-22(21-16)8-4-10-24-2/h3,5-7,9,12-13H,4,8,10-11H2,1-2H3,(H,19,21)(H,20,23)/t13-/m1/s1. The highest BCUT2D eigenvalue weighted by molar-refractivity contribution is 6.30. The number of amides is 1. The fraction of sp³-hybridized carbons (Fsp3) is 0.412.